The summed E-state index contributed by atoms with van der Waals surface area (Å²) in [5, 5.41) is 21.4. The summed E-state index contributed by atoms with van der Waals surface area (Å²) >= 11 is 0. The van der Waals surface area contributed by atoms with Gasteiger partial charge in [0.2, 0.25) is 14.3 Å². The SMILES string of the molecule is CO[C@H]1c2cc(NC(=O)Cc3c[nH]c4ccccc34)ccc2O[C@@H](C(CCn2cc(CCO)nn2)[Si](C)(C)F)[C@@H]1C. The van der Waals surface area contributed by atoms with Crippen molar-refractivity contribution in [2.45, 2.75) is 63.6 Å². The number of rotatable bonds is 11. The molecule has 218 valence electrons. The molecule has 2 aromatic carbocycles. The second-order valence-electron chi connectivity index (χ2n) is 11.3. The number of carbonyl (C=O) groups is 1. The number of hydrogen-bond acceptors (Lipinski definition) is 6. The molecule has 0 fully saturated rings. The number of aromatic amines is 1. The Morgan fingerprint density at radius 1 is 1.29 bits per heavy atom. The Labute approximate surface area is 240 Å². The third-order valence-electron chi connectivity index (χ3n) is 8.04. The van der Waals surface area contributed by atoms with Crippen LogP contribution in [-0.4, -0.2) is 59.2 Å². The number of hydrogen-bond donors (Lipinski definition) is 3. The number of benzene rings is 2. The van der Waals surface area contributed by atoms with Crippen LogP contribution in [0.3, 0.4) is 0 Å². The molecule has 0 saturated carbocycles. The number of para-hydroxylation sites is 1. The number of amides is 1. The predicted octanol–water partition coefficient (Wildman–Crippen LogP) is 5.20. The molecule has 0 bridgehead atoms. The number of ether oxygens (including phenoxy) is 2. The number of nitrogens with zero attached hydrogens (tertiary/aromatic N) is 3. The molecule has 0 spiro atoms. The second-order valence-corrected chi connectivity index (χ2v) is 15.2. The number of nitrogens with one attached hydrogen (secondary N) is 2. The first-order valence-electron chi connectivity index (χ1n) is 14.0. The molecule has 41 heavy (non-hydrogen) atoms. The number of carbonyl (C=O) groups excluding carboxylic acids is 1. The first-order valence-corrected chi connectivity index (χ1v) is 17.0. The molecule has 1 aliphatic rings. The lowest BCUT2D eigenvalue weighted by Crippen LogP contribution is -2.46. The zero-order valence-electron chi connectivity index (χ0n) is 23.9. The van der Waals surface area contributed by atoms with E-state index in [0.717, 1.165) is 22.0 Å². The van der Waals surface area contributed by atoms with Crippen LogP contribution in [0.4, 0.5) is 9.80 Å². The van der Waals surface area contributed by atoms with Gasteiger partial charge in [0, 0.05) is 72.7 Å². The van der Waals surface area contributed by atoms with Crippen LogP contribution in [0.2, 0.25) is 18.6 Å². The largest absolute Gasteiger partial charge is 0.490 e. The molecule has 3 N–H and O–H groups in total. The molecule has 11 heteroatoms. The normalized spacial score (nSPS) is 19.5. The molecular formula is C30H38FN5O4Si. The molecule has 5 rings (SSSR count). The van der Waals surface area contributed by atoms with E-state index in [1.54, 1.807) is 31.1 Å². The molecule has 4 atom stereocenters. The van der Waals surface area contributed by atoms with Crippen LogP contribution in [0.25, 0.3) is 10.9 Å². The van der Waals surface area contributed by atoms with E-state index in [0.29, 0.717) is 36.5 Å². The van der Waals surface area contributed by atoms with E-state index in [2.05, 4.69) is 20.6 Å². The molecule has 3 heterocycles. The van der Waals surface area contributed by atoms with Crippen molar-refractivity contribution in [2.75, 3.05) is 19.0 Å². The van der Waals surface area contributed by atoms with Crippen LogP contribution in [0.1, 0.15) is 36.3 Å². The molecule has 1 aliphatic heterocycles. The first kappa shape index (κ1) is 29.0. The van der Waals surface area contributed by atoms with Crippen LogP contribution < -0.4 is 10.1 Å². The van der Waals surface area contributed by atoms with E-state index in [1.165, 1.54) is 0 Å². The van der Waals surface area contributed by atoms with Gasteiger partial charge in [-0.25, -0.2) is 0 Å². The van der Waals surface area contributed by atoms with Gasteiger partial charge in [-0.3, -0.25) is 9.48 Å². The summed E-state index contributed by atoms with van der Waals surface area (Å²) in [7, 11) is -1.51. The third kappa shape index (κ3) is 6.37. The van der Waals surface area contributed by atoms with Gasteiger partial charge in [0.1, 0.15) is 11.9 Å². The highest BCUT2D eigenvalue weighted by Crippen LogP contribution is 2.48. The maximum absolute atomic E-state index is 15.8. The number of aliphatic hydroxyl groups is 1. The van der Waals surface area contributed by atoms with Gasteiger partial charge in [0.15, 0.2) is 0 Å². The zero-order valence-corrected chi connectivity index (χ0v) is 24.9. The number of anilines is 1. The minimum absolute atomic E-state index is 0.00642. The lowest BCUT2D eigenvalue weighted by atomic mass is 9.86. The highest BCUT2D eigenvalue weighted by molar-refractivity contribution is 6.72. The van der Waals surface area contributed by atoms with Gasteiger partial charge < -0.3 is 29.0 Å². The van der Waals surface area contributed by atoms with Gasteiger partial charge in [-0.2, -0.15) is 0 Å². The first-order chi connectivity index (χ1) is 19.7. The summed E-state index contributed by atoms with van der Waals surface area (Å²) in [5.74, 6) is 0.397. The zero-order chi connectivity index (χ0) is 29.1. The van der Waals surface area contributed by atoms with Crippen LogP contribution in [0, 0.1) is 5.92 Å². The molecule has 0 radical (unpaired) electrons. The smallest absolute Gasteiger partial charge is 0.247 e. The molecule has 2 aromatic heterocycles. The minimum atomic E-state index is -3.17. The van der Waals surface area contributed by atoms with Crippen molar-refractivity contribution >= 4 is 30.9 Å². The number of H-pyrrole nitrogens is 1. The van der Waals surface area contributed by atoms with Gasteiger partial charge in [-0.1, -0.05) is 30.3 Å². The van der Waals surface area contributed by atoms with Crippen molar-refractivity contribution in [3.8, 4) is 5.75 Å². The van der Waals surface area contributed by atoms with Gasteiger partial charge in [0.05, 0.1) is 18.2 Å². The van der Waals surface area contributed by atoms with Crippen LogP contribution in [-0.2, 0) is 28.9 Å². The third-order valence-corrected chi connectivity index (χ3v) is 10.4. The molecule has 1 unspecified atom stereocenters. The van der Waals surface area contributed by atoms with E-state index < -0.39 is 8.41 Å². The van der Waals surface area contributed by atoms with Gasteiger partial charge in [0.25, 0.3) is 0 Å². The standard InChI is InChI=1S/C30H38FN5O4Si/c1-19-29(39-2)24-16-21(33-28(38)15-20-17-32-25-8-6-5-7-23(20)25)9-10-26(24)40-30(19)27(41(3,4)31)11-13-36-18-22(12-14-37)34-35-36/h5-10,16-19,27,29-30,32,37H,11-15H2,1-4H3,(H,33,38)/t19-,27?,29-,30-/m1/s1. The van der Waals surface area contributed by atoms with Crippen LogP contribution >= 0.6 is 0 Å². The fourth-order valence-electron chi connectivity index (χ4n) is 5.96. The minimum Gasteiger partial charge on any atom is -0.490 e. The average molecular weight is 580 g/mol. The van der Waals surface area contributed by atoms with E-state index in [4.69, 9.17) is 14.6 Å². The molecule has 1 amide bonds. The maximum atomic E-state index is 15.8. The Morgan fingerprint density at radius 3 is 2.85 bits per heavy atom. The lowest BCUT2D eigenvalue weighted by Gasteiger charge is -2.43. The molecule has 4 aromatic rings. The fourth-order valence-corrected chi connectivity index (χ4v) is 7.93. The van der Waals surface area contributed by atoms with Crippen LogP contribution in [0.15, 0.2) is 54.9 Å². The summed E-state index contributed by atoms with van der Waals surface area (Å²) in [6.07, 6.45) is 4.18. The second kappa shape index (κ2) is 12.1. The average Bonchev–Trinajstić information content (AvgIpc) is 3.55. The number of aryl methyl sites for hydroxylation is 1. The summed E-state index contributed by atoms with van der Waals surface area (Å²) in [5.41, 5.74) is 3.82. The number of fused-ring (bicyclic) bond motifs is 2. The predicted molar refractivity (Wildman–Crippen MR) is 158 cm³/mol. The van der Waals surface area contributed by atoms with Crippen molar-refractivity contribution in [1.82, 2.24) is 20.0 Å². The Kier molecular flexibility index (Phi) is 8.57. The summed E-state index contributed by atoms with van der Waals surface area (Å²) in [6.45, 7) is 5.98. The van der Waals surface area contributed by atoms with E-state index in [-0.39, 0.29) is 42.6 Å². The van der Waals surface area contributed by atoms with Crippen molar-refractivity contribution in [3.05, 3.63) is 71.7 Å². The summed E-state index contributed by atoms with van der Waals surface area (Å²) < 4.78 is 30.0. The molecular weight excluding hydrogens is 541 g/mol. The fraction of sp³-hybridized carbons (Fsp3) is 0.433. The number of aromatic nitrogens is 4. The quantitative estimate of drug-likeness (QED) is 0.166. The molecule has 9 nitrogen and oxygen atoms in total. The maximum Gasteiger partial charge on any atom is 0.247 e. The summed E-state index contributed by atoms with van der Waals surface area (Å²) in [6, 6.07) is 13.5. The van der Waals surface area contributed by atoms with Crippen molar-refractivity contribution in [1.29, 1.82) is 0 Å². The number of halogens is 1. The Balaban J connectivity index is 1.31. The van der Waals surface area contributed by atoms with Gasteiger partial charge in [-0.15, -0.1) is 5.10 Å². The topological polar surface area (TPSA) is 114 Å². The Hall–Kier alpha value is -3.54. The Bertz CT molecular complexity index is 1500. The van der Waals surface area contributed by atoms with E-state index in [1.807, 2.05) is 55.6 Å². The van der Waals surface area contributed by atoms with Gasteiger partial charge >= 0.3 is 0 Å². The lowest BCUT2D eigenvalue weighted by molar-refractivity contribution is -0.115. The van der Waals surface area contributed by atoms with Crippen molar-refractivity contribution in [2.24, 2.45) is 5.92 Å². The van der Waals surface area contributed by atoms with E-state index >= 15 is 4.11 Å². The Morgan fingerprint density at radius 2 is 2.10 bits per heavy atom. The molecule has 0 aliphatic carbocycles. The van der Waals surface area contributed by atoms with Crippen LogP contribution in [0.5, 0.6) is 5.75 Å². The van der Waals surface area contributed by atoms with Gasteiger partial charge in [-0.05, 0) is 49.3 Å². The molecule has 0 saturated heterocycles. The number of methoxy groups -OCH3 is 1. The monoisotopic (exact) mass is 579 g/mol. The van der Waals surface area contributed by atoms with Crippen molar-refractivity contribution in [3.63, 3.8) is 0 Å². The highest BCUT2D eigenvalue weighted by Gasteiger charge is 2.47. The summed E-state index contributed by atoms with van der Waals surface area (Å²) in [4.78, 5) is 16.1. The highest BCUT2D eigenvalue weighted by atomic mass is 28.4. The van der Waals surface area contributed by atoms with Crippen molar-refractivity contribution < 1.29 is 23.5 Å². The van der Waals surface area contributed by atoms with E-state index in [9.17, 15) is 4.79 Å². The number of aliphatic hydroxyl groups excluding tert-OH is 1.